The smallest absolute Gasteiger partial charge is 0.0492 e. The number of hydrogen-bond acceptors (Lipinski definition) is 2. The van der Waals surface area contributed by atoms with Crippen molar-refractivity contribution in [3.63, 3.8) is 0 Å². The lowest BCUT2D eigenvalue weighted by Gasteiger charge is -2.07. The van der Waals surface area contributed by atoms with Crippen LogP contribution in [-0.2, 0) is 19.9 Å². The van der Waals surface area contributed by atoms with Gasteiger partial charge in [-0.1, -0.05) is 19.1 Å². The van der Waals surface area contributed by atoms with Crippen molar-refractivity contribution in [2.24, 2.45) is 7.05 Å². The van der Waals surface area contributed by atoms with Gasteiger partial charge in [0.25, 0.3) is 0 Å². The van der Waals surface area contributed by atoms with Gasteiger partial charge in [0.05, 0.1) is 0 Å². The molecule has 3 heteroatoms. The van der Waals surface area contributed by atoms with E-state index in [4.69, 9.17) is 0 Å². The summed E-state index contributed by atoms with van der Waals surface area (Å²) in [5.41, 5.74) is 3.81. The highest BCUT2D eigenvalue weighted by atomic mass is 15.3. The van der Waals surface area contributed by atoms with E-state index in [9.17, 15) is 0 Å². The fourth-order valence-corrected chi connectivity index (χ4v) is 1.84. The summed E-state index contributed by atoms with van der Waals surface area (Å²) in [6.45, 7) is 3.11. The second-order valence-corrected chi connectivity index (χ2v) is 4.17. The lowest BCUT2D eigenvalue weighted by Crippen LogP contribution is -2.08. The van der Waals surface area contributed by atoms with Crippen molar-refractivity contribution >= 4 is 5.69 Å². The number of benzene rings is 1. The molecule has 1 N–H and O–H groups in total. The van der Waals surface area contributed by atoms with E-state index in [1.807, 2.05) is 17.9 Å². The molecule has 0 saturated heterocycles. The van der Waals surface area contributed by atoms with Gasteiger partial charge >= 0.3 is 0 Å². The Kier molecular flexibility index (Phi) is 3.81. The molecular formula is C14H19N3. The summed E-state index contributed by atoms with van der Waals surface area (Å²) in [6, 6.07) is 10.7. The molecule has 0 spiro atoms. The standard InChI is InChI=1S/C14H19N3/c1-3-12-4-6-13(7-5-12)15-10-8-14-9-11-16-17(14)2/h4-7,9,11,15H,3,8,10H2,1-2H3. The average Bonchev–Trinajstić information content (AvgIpc) is 2.76. The molecule has 0 aliphatic carbocycles. The van der Waals surface area contributed by atoms with Crippen LogP contribution in [0.25, 0.3) is 0 Å². The fourth-order valence-electron chi connectivity index (χ4n) is 1.84. The summed E-state index contributed by atoms with van der Waals surface area (Å²) in [5.74, 6) is 0. The Labute approximate surface area is 102 Å². The first-order valence-corrected chi connectivity index (χ1v) is 6.09. The Hall–Kier alpha value is -1.77. The lowest BCUT2D eigenvalue weighted by molar-refractivity contribution is 0.711. The quantitative estimate of drug-likeness (QED) is 0.854. The van der Waals surface area contributed by atoms with E-state index in [1.54, 1.807) is 0 Å². The van der Waals surface area contributed by atoms with Crippen LogP contribution >= 0.6 is 0 Å². The minimum atomic E-state index is 0.936. The third kappa shape index (κ3) is 3.09. The van der Waals surface area contributed by atoms with Gasteiger partial charge in [-0.2, -0.15) is 5.10 Å². The molecule has 0 amide bonds. The van der Waals surface area contributed by atoms with Crippen LogP contribution in [0.4, 0.5) is 5.69 Å². The van der Waals surface area contributed by atoms with Gasteiger partial charge in [-0.3, -0.25) is 4.68 Å². The van der Waals surface area contributed by atoms with E-state index in [0.29, 0.717) is 0 Å². The maximum absolute atomic E-state index is 4.15. The Morgan fingerprint density at radius 3 is 2.53 bits per heavy atom. The average molecular weight is 229 g/mol. The summed E-state index contributed by atoms with van der Waals surface area (Å²) in [6.07, 6.45) is 3.92. The normalized spacial score (nSPS) is 10.5. The van der Waals surface area contributed by atoms with Gasteiger partial charge in [0, 0.05) is 37.6 Å². The zero-order chi connectivity index (χ0) is 12.1. The van der Waals surface area contributed by atoms with Crippen LogP contribution in [0.3, 0.4) is 0 Å². The molecule has 0 bridgehead atoms. The molecule has 1 heterocycles. The number of aryl methyl sites for hydroxylation is 2. The summed E-state index contributed by atoms with van der Waals surface area (Å²) in [7, 11) is 1.98. The highest BCUT2D eigenvalue weighted by Crippen LogP contribution is 2.10. The molecule has 0 aliphatic rings. The molecule has 0 fully saturated rings. The fraction of sp³-hybridized carbons (Fsp3) is 0.357. The molecule has 17 heavy (non-hydrogen) atoms. The van der Waals surface area contributed by atoms with Gasteiger partial charge in [0.1, 0.15) is 0 Å². The summed E-state index contributed by atoms with van der Waals surface area (Å²) >= 11 is 0. The van der Waals surface area contributed by atoms with Gasteiger partial charge < -0.3 is 5.32 Å². The Bertz CT molecular complexity index is 457. The number of aromatic nitrogens is 2. The number of rotatable bonds is 5. The first-order valence-electron chi connectivity index (χ1n) is 6.09. The summed E-state index contributed by atoms with van der Waals surface area (Å²) in [5, 5.41) is 7.57. The van der Waals surface area contributed by atoms with Crippen LogP contribution in [0.15, 0.2) is 36.5 Å². The van der Waals surface area contributed by atoms with Crippen LogP contribution in [0.5, 0.6) is 0 Å². The molecule has 0 radical (unpaired) electrons. The molecule has 1 aromatic heterocycles. The lowest BCUT2D eigenvalue weighted by atomic mass is 10.1. The van der Waals surface area contributed by atoms with Gasteiger partial charge in [0.15, 0.2) is 0 Å². The van der Waals surface area contributed by atoms with Crippen molar-refractivity contribution in [2.45, 2.75) is 19.8 Å². The molecular weight excluding hydrogens is 210 g/mol. The van der Waals surface area contributed by atoms with E-state index in [2.05, 4.69) is 47.7 Å². The summed E-state index contributed by atoms with van der Waals surface area (Å²) in [4.78, 5) is 0. The number of nitrogens with one attached hydrogen (secondary N) is 1. The molecule has 0 saturated carbocycles. The molecule has 2 rings (SSSR count). The first kappa shape index (κ1) is 11.7. The predicted molar refractivity (Wildman–Crippen MR) is 71.2 cm³/mol. The zero-order valence-electron chi connectivity index (χ0n) is 10.5. The Balaban J connectivity index is 1.83. The van der Waals surface area contributed by atoms with Crippen molar-refractivity contribution in [1.29, 1.82) is 0 Å². The maximum atomic E-state index is 4.15. The van der Waals surface area contributed by atoms with E-state index < -0.39 is 0 Å². The van der Waals surface area contributed by atoms with Crippen molar-refractivity contribution < 1.29 is 0 Å². The van der Waals surface area contributed by atoms with Gasteiger partial charge in [-0.25, -0.2) is 0 Å². The monoisotopic (exact) mass is 229 g/mol. The van der Waals surface area contributed by atoms with Crippen LogP contribution in [0, 0.1) is 0 Å². The summed E-state index contributed by atoms with van der Waals surface area (Å²) < 4.78 is 1.92. The third-order valence-corrected chi connectivity index (χ3v) is 2.99. The molecule has 0 atom stereocenters. The number of nitrogens with zero attached hydrogens (tertiary/aromatic N) is 2. The second kappa shape index (κ2) is 5.53. The van der Waals surface area contributed by atoms with Crippen molar-refractivity contribution in [1.82, 2.24) is 9.78 Å². The Morgan fingerprint density at radius 1 is 1.18 bits per heavy atom. The van der Waals surface area contributed by atoms with E-state index >= 15 is 0 Å². The van der Waals surface area contributed by atoms with Gasteiger partial charge in [-0.15, -0.1) is 0 Å². The largest absolute Gasteiger partial charge is 0.385 e. The number of hydrogen-bond donors (Lipinski definition) is 1. The van der Waals surface area contributed by atoms with Gasteiger partial charge in [0.2, 0.25) is 0 Å². The van der Waals surface area contributed by atoms with E-state index in [1.165, 1.54) is 16.9 Å². The third-order valence-electron chi connectivity index (χ3n) is 2.99. The van der Waals surface area contributed by atoms with Crippen LogP contribution < -0.4 is 5.32 Å². The predicted octanol–water partition coefficient (Wildman–Crippen LogP) is 2.64. The molecule has 2 aromatic rings. The minimum absolute atomic E-state index is 0.936. The van der Waals surface area contributed by atoms with E-state index in [0.717, 1.165) is 19.4 Å². The second-order valence-electron chi connectivity index (χ2n) is 4.17. The molecule has 90 valence electrons. The topological polar surface area (TPSA) is 29.9 Å². The zero-order valence-corrected chi connectivity index (χ0v) is 10.5. The van der Waals surface area contributed by atoms with Crippen LogP contribution in [-0.4, -0.2) is 16.3 Å². The van der Waals surface area contributed by atoms with Crippen molar-refractivity contribution in [2.75, 3.05) is 11.9 Å². The highest BCUT2D eigenvalue weighted by Gasteiger charge is 1.98. The maximum Gasteiger partial charge on any atom is 0.0492 e. The minimum Gasteiger partial charge on any atom is -0.385 e. The number of anilines is 1. The first-order chi connectivity index (χ1) is 8.29. The molecule has 0 aliphatic heterocycles. The molecule has 1 aromatic carbocycles. The molecule has 0 unspecified atom stereocenters. The van der Waals surface area contributed by atoms with Crippen LogP contribution in [0.2, 0.25) is 0 Å². The highest BCUT2D eigenvalue weighted by molar-refractivity contribution is 5.44. The van der Waals surface area contributed by atoms with Crippen molar-refractivity contribution in [3.05, 3.63) is 47.8 Å². The molecule has 3 nitrogen and oxygen atoms in total. The van der Waals surface area contributed by atoms with Crippen LogP contribution in [0.1, 0.15) is 18.2 Å². The van der Waals surface area contributed by atoms with Gasteiger partial charge in [-0.05, 0) is 30.2 Å². The van der Waals surface area contributed by atoms with E-state index in [-0.39, 0.29) is 0 Å². The van der Waals surface area contributed by atoms with Crippen molar-refractivity contribution in [3.8, 4) is 0 Å². The SMILES string of the molecule is CCc1ccc(NCCc2ccnn2C)cc1. The Morgan fingerprint density at radius 2 is 1.94 bits per heavy atom.